The summed E-state index contributed by atoms with van der Waals surface area (Å²) in [7, 11) is 0. The Morgan fingerprint density at radius 2 is 2.12 bits per heavy atom. The fourth-order valence-electron chi connectivity index (χ4n) is 1.89. The van der Waals surface area contributed by atoms with Gasteiger partial charge in [-0.2, -0.15) is 0 Å². The van der Waals surface area contributed by atoms with E-state index in [1.165, 1.54) is 0 Å². The number of hydrogen-bond donors (Lipinski definition) is 1. The summed E-state index contributed by atoms with van der Waals surface area (Å²) >= 11 is 5.64. The van der Waals surface area contributed by atoms with Crippen LogP contribution in [0.5, 0.6) is 0 Å². The normalized spacial score (nSPS) is 16.9. The molecule has 1 aromatic rings. The summed E-state index contributed by atoms with van der Waals surface area (Å²) in [6.07, 6.45) is 2.19. The van der Waals surface area contributed by atoms with Crippen LogP contribution in [0.3, 0.4) is 0 Å². The van der Waals surface area contributed by atoms with Gasteiger partial charge in [-0.15, -0.1) is 10.2 Å². The summed E-state index contributed by atoms with van der Waals surface area (Å²) in [6.45, 7) is 3.55. The van der Waals surface area contributed by atoms with E-state index in [0.29, 0.717) is 11.0 Å². The fraction of sp³-hybridized carbons (Fsp3) is 0.545. The van der Waals surface area contributed by atoms with Gasteiger partial charge in [0, 0.05) is 13.1 Å². The smallest absolute Gasteiger partial charge is 0.244 e. The number of halogens is 1. The highest BCUT2D eigenvalue weighted by Gasteiger charge is 2.23. The van der Waals surface area contributed by atoms with Crippen molar-refractivity contribution in [3.8, 4) is 0 Å². The molecule has 1 saturated heterocycles. The maximum atomic E-state index is 12.0. The molecule has 0 aromatic carbocycles. The molecule has 1 aliphatic heterocycles. The van der Waals surface area contributed by atoms with E-state index in [1.807, 2.05) is 11.8 Å². The van der Waals surface area contributed by atoms with Gasteiger partial charge >= 0.3 is 0 Å². The summed E-state index contributed by atoms with van der Waals surface area (Å²) in [6, 6.07) is 3.07. The maximum Gasteiger partial charge on any atom is 0.244 e. The Hall–Kier alpha value is -1.36. The molecule has 2 heterocycles. The number of nitrogens with zero attached hydrogens (tertiary/aromatic N) is 3. The average molecular weight is 255 g/mol. The van der Waals surface area contributed by atoms with Gasteiger partial charge in [-0.25, -0.2) is 0 Å². The number of anilines is 1. The van der Waals surface area contributed by atoms with Crippen LogP contribution in [0.1, 0.15) is 19.8 Å². The van der Waals surface area contributed by atoms with Crippen LogP contribution in [0.25, 0.3) is 0 Å². The lowest BCUT2D eigenvalue weighted by atomic mass is 10.3. The van der Waals surface area contributed by atoms with E-state index in [-0.39, 0.29) is 11.9 Å². The Kier molecular flexibility index (Phi) is 3.78. The zero-order valence-corrected chi connectivity index (χ0v) is 10.4. The lowest BCUT2D eigenvalue weighted by Crippen LogP contribution is -2.39. The lowest BCUT2D eigenvalue weighted by Gasteiger charge is -2.21. The second-order valence-corrected chi connectivity index (χ2v) is 4.53. The molecule has 0 aliphatic carbocycles. The first-order valence-electron chi connectivity index (χ1n) is 5.71. The molecule has 92 valence electrons. The minimum Gasteiger partial charge on any atom is -0.357 e. The summed E-state index contributed by atoms with van der Waals surface area (Å²) in [5.41, 5.74) is 0. The standard InChI is InChI=1S/C11H15ClN4O/c1-8(11(17)16-6-2-3-7-16)13-10-5-4-9(12)14-15-10/h4-5,8H,2-3,6-7H2,1H3,(H,13,15). The molecule has 1 aromatic heterocycles. The Labute approximate surface area is 105 Å². The molecular formula is C11H15ClN4O. The van der Waals surface area contributed by atoms with Crippen LogP contribution in [0.15, 0.2) is 12.1 Å². The fourth-order valence-corrected chi connectivity index (χ4v) is 1.99. The highest BCUT2D eigenvalue weighted by molar-refractivity contribution is 6.29. The third-order valence-corrected chi connectivity index (χ3v) is 2.99. The molecule has 1 N–H and O–H groups in total. The Bertz CT molecular complexity index is 389. The van der Waals surface area contributed by atoms with Gasteiger partial charge < -0.3 is 10.2 Å². The maximum absolute atomic E-state index is 12.0. The van der Waals surface area contributed by atoms with Crippen molar-refractivity contribution in [1.82, 2.24) is 15.1 Å². The molecule has 0 radical (unpaired) electrons. The lowest BCUT2D eigenvalue weighted by molar-refractivity contribution is -0.130. The third-order valence-electron chi connectivity index (χ3n) is 2.78. The molecule has 1 fully saturated rings. The number of hydrogen-bond acceptors (Lipinski definition) is 4. The number of rotatable bonds is 3. The molecular weight excluding hydrogens is 240 g/mol. The number of carbonyl (C=O) groups excluding carboxylic acids is 1. The highest BCUT2D eigenvalue weighted by atomic mass is 35.5. The first-order valence-corrected chi connectivity index (χ1v) is 6.09. The van der Waals surface area contributed by atoms with Crippen LogP contribution in [0.4, 0.5) is 5.82 Å². The minimum absolute atomic E-state index is 0.110. The van der Waals surface area contributed by atoms with Gasteiger partial charge in [-0.3, -0.25) is 4.79 Å². The molecule has 5 nitrogen and oxygen atoms in total. The molecule has 6 heteroatoms. The van der Waals surface area contributed by atoms with Gasteiger partial charge in [-0.1, -0.05) is 11.6 Å². The first-order chi connectivity index (χ1) is 8.16. The minimum atomic E-state index is -0.288. The molecule has 1 atom stereocenters. The van der Waals surface area contributed by atoms with Crippen molar-refractivity contribution >= 4 is 23.3 Å². The van der Waals surface area contributed by atoms with E-state index in [2.05, 4.69) is 15.5 Å². The molecule has 1 unspecified atom stereocenters. The van der Waals surface area contributed by atoms with Crippen LogP contribution >= 0.6 is 11.6 Å². The Morgan fingerprint density at radius 3 is 2.71 bits per heavy atom. The second-order valence-electron chi connectivity index (χ2n) is 4.14. The predicted molar refractivity (Wildman–Crippen MR) is 65.9 cm³/mol. The van der Waals surface area contributed by atoms with Crippen LogP contribution in [0, 0.1) is 0 Å². The van der Waals surface area contributed by atoms with Crippen LogP contribution in [0.2, 0.25) is 5.15 Å². The number of carbonyl (C=O) groups is 1. The van der Waals surface area contributed by atoms with E-state index in [9.17, 15) is 4.79 Å². The van der Waals surface area contributed by atoms with E-state index >= 15 is 0 Å². The summed E-state index contributed by atoms with van der Waals surface area (Å²) < 4.78 is 0. The van der Waals surface area contributed by atoms with E-state index in [0.717, 1.165) is 25.9 Å². The molecule has 1 aliphatic rings. The van der Waals surface area contributed by atoms with Gasteiger partial charge in [0.25, 0.3) is 0 Å². The number of aromatic nitrogens is 2. The second kappa shape index (κ2) is 5.31. The summed E-state index contributed by atoms with van der Waals surface area (Å²) in [5.74, 6) is 0.675. The van der Waals surface area contributed by atoms with Crippen LogP contribution in [-0.2, 0) is 4.79 Å². The number of likely N-dealkylation sites (tertiary alicyclic amines) is 1. The van der Waals surface area contributed by atoms with Crippen molar-refractivity contribution in [1.29, 1.82) is 0 Å². The van der Waals surface area contributed by atoms with E-state index in [1.54, 1.807) is 12.1 Å². The number of nitrogens with one attached hydrogen (secondary N) is 1. The SMILES string of the molecule is CC(Nc1ccc(Cl)nn1)C(=O)N1CCCC1. The molecule has 2 rings (SSSR count). The van der Waals surface area contributed by atoms with Crippen molar-refractivity contribution < 1.29 is 4.79 Å². The molecule has 0 saturated carbocycles. The van der Waals surface area contributed by atoms with Crippen LogP contribution in [-0.4, -0.2) is 40.1 Å². The van der Waals surface area contributed by atoms with Crippen LogP contribution < -0.4 is 5.32 Å². The number of amides is 1. The van der Waals surface area contributed by atoms with Crippen molar-refractivity contribution in [2.75, 3.05) is 18.4 Å². The summed E-state index contributed by atoms with van der Waals surface area (Å²) in [4.78, 5) is 13.9. The molecule has 0 spiro atoms. The van der Waals surface area contributed by atoms with Gasteiger partial charge in [0.2, 0.25) is 5.91 Å². The van der Waals surface area contributed by atoms with Gasteiger partial charge in [0.05, 0.1) is 0 Å². The van der Waals surface area contributed by atoms with Crippen molar-refractivity contribution in [2.24, 2.45) is 0 Å². The highest BCUT2D eigenvalue weighted by Crippen LogP contribution is 2.12. The Balaban J connectivity index is 1.93. The quantitative estimate of drug-likeness (QED) is 0.889. The Morgan fingerprint density at radius 1 is 1.41 bits per heavy atom. The van der Waals surface area contributed by atoms with Crippen molar-refractivity contribution in [3.63, 3.8) is 0 Å². The van der Waals surface area contributed by atoms with Gasteiger partial charge in [0.15, 0.2) is 5.15 Å². The van der Waals surface area contributed by atoms with Gasteiger partial charge in [-0.05, 0) is 31.9 Å². The van der Waals surface area contributed by atoms with Crippen molar-refractivity contribution in [2.45, 2.75) is 25.8 Å². The monoisotopic (exact) mass is 254 g/mol. The summed E-state index contributed by atoms with van der Waals surface area (Å²) in [5, 5.41) is 10.9. The zero-order valence-electron chi connectivity index (χ0n) is 9.69. The third kappa shape index (κ3) is 3.06. The first kappa shape index (κ1) is 12.1. The van der Waals surface area contributed by atoms with E-state index < -0.39 is 0 Å². The largest absolute Gasteiger partial charge is 0.357 e. The predicted octanol–water partition coefficient (Wildman–Crippen LogP) is 1.55. The van der Waals surface area contributed by atoms with Gasteiger partial charge in [0.1, 0.15) is 11.9 Å². The van der Waals surface area contributed by atoms with E-state index in [4.69, 9.17) is 11.6 Å². The topological polar surface area (TPSA) is 58.1 Å². The van der Waals surface area contributed by atoms with Crippen molar-refractivity contribution in [3.05, 3.63) is 17.3 Å². The average Bonchev–Trinajstić information content (AvgIpc) is 2.84. The molecule has 0 bridgehead atoms. The molecule has 17 heavy (non-hydrogen) atoms. The zero-order chi connectivity index (χ0) is 12.3. The molecule has 1 amide bonds.